The number of amides is 1. The van der Waals surface area contributed by atoms with Gasteiger partial charge in [0.05, 0.1) is 12.7 Å². The van der Waals surface area contributed by atoms with Gasteiger partial charge in [0.2, 0.25) is 5.91 Å². The number of halogens is 1. The van der Waals surface area contributed by atoms with Crippen molar-refractivity contribution in [2.45, 2.75) is 12.5 Å². The zero-order valence-electron chi connectivity index (χ0n) is 13.5. The molecule has 0 aliphatic rings. The Hall–Kier alpha value is -2.96. The molecule has 24 heavy (non-hydrogen) atoms. The van der Waals surface area contributed by atoms with Crippen LogP contribution in [0.4, 0.5) is 4.39 Å². The summed E-state index contributed by atoms with van der Waals surface area (Å²) in [4.78, 5) is 20.8. The normalized spacial score (nSPS) is 12.1. The molecule has 3 rings (SSSR count). The van der Waals surface area contributed by atoms with Crippen LogP contribution in [0, 0.1) is 5.82 Å². The summed E-state index contributed by atoms with van der Waals surface area (Å²) in [6, 6.07) is 5.60. The average molecular weight is 327 g/mol. The van der Waals surface area contributed by atoms with Gasteiger partial charge in [0.15, 0.2) is 0 Å². The van der Waals surface area contributed by atoms with Crippen LogP contribution in [0.3, 0.4) is 0 Å². The first-order valence-corrected chi connectivity index (χ1v) is 7.52. The summed E-state index contributed by atoms with van der Waals surface area (Å²) in [7, 11) is 3.69. The van der Waals surface area contributed by atoms with Gasteiger partial charge in [-0.1, -0.05) is 12.1 Å². The fourth-order valence-electron chi connectivity index (χ4n) is 2.54. The number of carbonyl (C=O) groups is 1. The zero-order valence-corrected chi connectivity index (χ0v) is 13.5. The second kappa shape index (κ2) is 6.66. The Morgan fingerprint density at radius 2 is 2.00 bits per heavy atom. The second-order valence-electron chi connectivity index (χ2n) is 5.62. The highest BCUT2D eigenvalue weighted by Gasteiger charge is 2.21. The van der Waals surface area contributed by atoms with Crippen molar-refractivity contribution < 1.29 is 9.18 Å². The summed E-state index contributed by atoms with van der Waals surface area (Å²) in [6.45, 7) is 0. The number of carbonyl (C=O) groups excluding carboxylic acids is 1. The number of hydrogen-bond donors (Lipinski definition) is 1. The van der Waals surface area contributed by atoms with Crippen LogP contribution in [0.15, 0.2) is 49.2 Å². The van der Waals surface area contributed by atoms with Gasteiger partial charge in [0.25, 0.3) is 0 Å². The lowest BCUT2D eigenvalue weighted by Crippen LogP contribution is -2.32. The van der Waals surface area contributed by atoms with Crippen molar-refractivity contribution in [1.29, 1.82) is 0 Å². The van der Waals surface area contributed by atoms with E-state index in [4.69, 9.17) is 0 Å². The topological polar surface area (TPSA) is 64.7 Å². The summed E-state index contributed by atoms with van der Waals surface area (Å²) in [5.74, 6) is 0.203. The quantitative estimate of drug-likeness (QED) is 0.776. The summed E-state index contributed by atoms with van der Waals surface area (Å²) < 4.78 is 16.8. The molecular formula is C17H18FN5O. The maximum atomic E-state index is 13.2. The largest absolute Gasteiger partial charge is 0.342 e. The fraction of sp³-hybridized carbons (Fsp3) is 0.235. The van der Waals surface area contributed by atoms with Gasteiger partial charge in [-0.15, -0.1) is 0 Å². The van der Waals surface area contributed by atoms with Gasteiger partial charge in [0, 0.05) is 38.4 Å². The van der Waals surface area contributed by atoms with Crippen molar-refractivity contribution in [2.75, 3.05) is 0 Å². The van der Waals surface area contributed by atoms with Crippen molar-refractivity contribution in [3.63, 3.8) is 0 Å². The molecule has 0 saturated carbocycles. The van der Waals surface area contributed by atoms with E-state index < -0.39 is 6.04 Å². The Labute approximate surface area is 139 Å². The van der Waals surface area contributed by atoms with Crippen molar-refractivity contribution in [2.24, 2.45) is 14.1 Å². The number of imidazole rings is 2. The van der Waals surface area contributed by atoms with Crippen LogP contribution < -0.4 is 5.32 Å². The monoisotopic (exact) mass is 327 g/mol. The fourth-order valence-corrected chi connectivity index (χ4v) is 2.54. The molecule has 0 bridgehead atoms. The standard InChI is InChI=1S/C17H18FN5O/c1-22-8-7-20-17(22)16(12-3-5-13(18)6-4-12)21-15(24)9-14-10-19-11-23(14)2/h3-8,10-11,16H,9H2,1-2H3,(H,21,24). The Kier molecular flexibility index (Phi) is 4.41. The highest BCUT2D eigenvalue weighted by atomic mass is 19.1. The van der Waals surface area contributed by atoms with E-state index in [0.717, 1.165) is 11.3 Å². The number of hydrogen-bond acceptors (Lipinski definition) is 3. The molecule has 6 nitrogen and oxygen atoms in total. The van der Waals surface area contributed by atoms with Crippen LogP contribution in [0.25, 0.3) is 0 Å². The molecule has 1 atom stereocenters. The molecule has 124 valence electrons. The summed E-state index contributed by atoms with van der Waals surface area (Å²) in [5, 5.41) is 2.98. The molecular weight excluding hydrogens is 309 g/mol. The predicted molar refractivity (Wildman–Crippen MR) is 86.5 cm³/mol. The van der Waals surface area contributed by atoms with Crippen LogP contribution in [0.5, 0.6) is 0 Å². The van der Waals surface area contributed by atoms with E-state index >= 15 is 0 Å². The molecule has 0 aliphatic heterocycles. The molecule has 1 N–H and O–H groups in total. The number of nitrogens with one attached hydrogen (secondary N) is 1. The van der Waals surface area contributed by atoms with Crippen LogP contribution in [0.1, 0.15) is 23.1 Å². The molecule has 2 aromatic heterocycles. The molecule has 1 unspecified atom stereocenters. The maximum Gasteiger partial charge on any atom is 0.226 e. The molecule has 3 aromatic rings. The lowest BCUT2D eigenvalue weighted by molar-refractivity contribution is -0.121. The van der Waals surface area contributed by atoms with Gasteiger partial charge in [-0.3, -0.25) is 4.79 Å². The van der Waals surface area contributed by atoms with Gasteiger partial charge in [0.1, 0.15) is 17.7 Å². The Balaban J connectivity index is 1.85. The minimum atomic E-state index is -0.452. The van der Waals surface area contributed by atoms with Gasteiger partial charge in [-0.25, -0.2) is 14.4 Å². The highest BCUT2D eigenvalue weighted by Crippen LogP contribution is 2.21. The molecule has 1 amide bonds. The third kappa shape index (κ3) is 3.34. The maximum absolute atomic E-state index is 13.2. The first-order valence-electron chi connectivity index (χ1n) is 7.52. The SMILES string of the molecule is Cn1cncc1CC(=O)NC(c1ccc(F)cc1)c1nccn1C. The third-order valence-corrected chi connectivity index (χ3v) is 3.88. The predicted octanol–water partition coefficient (Wildman–Crippen LogP) is 1.74. The molecule has 0 spiro atoms. The van der Waals surface area contributed by atoms with E-state index in [1.165, 1.54) is 12.1 Å². The minimum absolute atomic E-state index is 0.157. The molecule has 0 saturated heterocycles. The highest BCUT2D eigenvalue weighted by molar-refractivity contribution is 5.79. The van der Waals surface area contributed by atoms with Crippen molar-refractivity contribution in [3.8, 4) is 0 Å². The molecule has 7 heteroatoms. The summed E-state index contributed by atoms with van der Waals surface area (Å²) >= 11 is 0. The minimum Gasteiger partial charge on any atom is -0.342 e. The third-order valence-electron chi connectivity index (χ3n) is 3.88. The first kappa shape index (κ1) is 15.9. The second-order valence-corrected chi connectivity index (χ2v) is 5.62. The smallest absolute Gasteiger partial charge is 0.226 e. The molecule has 0 aliphatic carbocycles. The van der Waals surface area contributed by atoms with E-state index in [-0.39, 0.29) is 18.1 Å². The van der Waals surface area contributed by atoms with Gasteiger partial charge in [-0.2, -0.15) is 0 Å². The van der Waals surface area contributed by atoms with E-state index in [9.17, 15) is 9.18 Å². The van der Waals surface area contributed by atoms with Crippen molar-refractivity contribution in [1.82, 2.24) is 24.4 Å². The Morgan fingerprint density at radius 3 is 2.58 bits per heavy atom. The molecule has 1 aromatic carbocycles. The van der Waals surface area contributed by atoms with Crippen LogP contribution in [0.2, 0.25) is 0 Å². The van der Waals surface area contributed by atoms with Crippen LogP contribution in [-0.2, 0) is 25.3 Å². The van der Waals surface area contributed by atoms with Crippen LogP contribution in [-0.4, -0.2) is 25.0 Å². The number of aryl methyl sites for hydroxylation is 2. The first-order chi connectivity index (χ1) is 11.5. The number of benzene rings is 1. The number of aromatic nitrogens is 4. The zero-order chi connectivity index (χ0) is 17.1. The van der Waals surface area contributed by atoms with E-state index in [1.807, 2.05) is 18.7 Å². The lowest BCUT2D eigenvalue weighted by Gasteiger charge is -2.19. The summed E-state index contributed by atoms with van der Waals surface area (Å²) in [5.41, 5.74) is 1.58. The van der Waals surface area contributed by atoms with E-state index in [2.05, 4.69) is 15.3 Å². The molecule has 0 radical (unpaired) electrons. The Morgan fingerprint density at radius 1 is 1.25 bits per heavy atom. The molecule has 0 fully saturated rings. The van der Waals surface area contributed by atoms with E-state index in [0.29, 0.717) is 5.82 Å². The Bertz CT molecular complexity index is 837. The molecule has 2 heterocycles. The lowest BCUT2D eigenvalue weighted by atomic mass is 10.1. The van der Waals surface area contributed by atoms with Crippen molar-refractivity contribution in [3.05, 3.63) is 72.1 Å². The van der Waals surface area contributed by atoms with Gasteiger partial charge < -0.3 is 14.5 Å². The van der Waals surface area contributed by atoms with Gasteiger partial charge >= 0.3 is 0 Å². The summed E-state index contributed by atoms with van der Waals surface area (Å²) in [6.07, 6.45) is 6.99. The van der Waals surface area contributed by atoms with Crippen molar-refractivity contribution >= 4 is 5.91 Å². The van der Waals surface area contributed by atoms with Gasteiger partial charge in [-0.05, 0) is 17.7 Å². The van der Waals surface area contributed by atoms with E-state index in [1.54, 1.807) is 41.6 Å². The number of rotatable bonds is 5. The average Bonchev–Trinajstić information content (AvgIpc) is 3.15. The van der Waals surface area contributed by atoms with Crippen LogP contribution >= 0.6 is 0 Å². The number of nitrogens with zero attached hydrogens (tertiary/aromatic N) is 4.